The molecule has 0 spiro atoms. The van der Waals surface area contributed by atoms with E-state index in [1.54, 1.807) is 11.0 Å². The Hall–Kier alpha value is -3.29. The summed E-state index contributed by atoms with van der Waals surface area (Å²) in [6.07, 6.45) is 5.86. The Morgan fingerprint density at radius 1 is 1.15 bits per heavy atom. The van der Waals surface area contributed by atoms with Gasteiger partial charge in [-0.1, -0.05) is 0 Å². The average molecular weight is 353 g/mol. The van der Waals surface area contributed by atoms with Gasteiger partial charge in [-0.05, 0) is 30.3 Å². The number of amides is 1. The van der Waals surface area contributed by atoms with Gasteiger partial charge in [0, 0.05) is 18.1 Å². The van der Waals surface area contributed by atoms with E-state index in [1.165, 1.54) is 30.7 Å². The first-order chi connectivity index (χ1) is 12.7. The number of carbonyl (C=O) groups is 1. The Morgan fingerprint density at radius 2 is 2.08 bits per heavy atom. The van der Waals surface area contributed by atoms with Crippen LogP contribution in [0, 0.1) is 5.82 Å². The van der Waals surface area contributed by atoms with Crippen LogP contribution in [0.5, 0.6) is 5.88 Å². The van der Waals surface area contributed by atoms with Crippen LogP contribution < -0.4 is 4.74 Å². The van der Waals surface area contributed by atoms with Crippen LogP contribution in [0.25, 0.3) is 0 Å². The number of ether oxygens (including phenoxy) is 1. The molecule has 0 radical (unpaired) electrons. The van der Waals surface area contributed by atoms with E-state index in [0.717, 1.165) is 5.69 Å². The van der Waals surface area contributed by atoms with Crippen molar-refractivity contribution in [1.29, 1.82) is 0 Å². The number of carbonyl (C=O) groups excluding carboxylic acids is 1. The Balaban J connectivity index is 1.61. The van der Waals surface area contributed by atoms with Crippen LogP contribution in [0.1, 0.15) is 16.1 Å². The Labute approximate surface area is 149 Å². The molecular weight excluding hydrogens is 337 g/mol. The summed E-state index contributed by atoms with van der Waals surface area (Å²) in [5.41, 5.74) is 1.43. The van der Waals surface area contributed by atoms with Crippen LogP contribution >= 0.6 is 0 Å². The molecule has 7 nitrogen and oxygen atoms in total. The predicted octanol–water partition coefficient (Wildman–Crippen LogP) is 1.92. The van der Waals surface area contributed by atoms with E-state index in [-0.39, 0.29) is 11.8 Å². The molecule has 0 unspecified atom stereocenters. The van der Waals surface area contributed by atoms with Crippen molar-refractivity contribution in [3.63, 3.8) is 0 Å². The molecule has 0 saturated heterocycles. The standard InChI is InChI=1S/C18H16FN5O2/c19-16-4-1-6-20-17(16)26-15-11-23-8-2-3-14(23)10-24(12-15)18(25)13-5-7-21-22-9-13/h1-9,15H,10-12H2/t15-/m1/s1. The van der Waals surface area contributed by atoms with Crippen molar-refractivity contribution in [3.8, 4) is 5.88 Å². The lowest BCUT2D eigenvalue weighted by molar-refractivity contribution is 0.0640. The van der Waals surface area contributed by atoms with E-state index in [2.05, 4.69) is 15.2 Å². The van der Waals surface area contributed by atoms with Crippen LogP contribution in [0.2, 0.25) is 0 Å². The summed E-state index contributed by atoms with van der Waals surface area (Å²) in [4.78, 5) is 18.5. The highest BCUT2D eigenvalue weighted by Gasteiger charge is 2.27. The van der Waals surface area contributed by atoms with Crippen LogP contribution in [0.15, 0.2) is 55.1 Å². The van der Waals surface area contributed by atoms with E-state index in [4.69, 9.17) is 4.74 Å². The number of rotatable bonds is 3. The van der Waals surface area contributed by atoms with Crippen molar-refractivity contribution in [2.75, 3.05) is 6.54 Å². The van der Waals surface area contributed by atoms with Gasteiger partial charge in [0.25, 0.3) is 11.8 Å². The van der Waals surface area contributed by atoms with Gasteiger partial charge in [0.05, 0.1) is 37.6 Å². The lowest BCUT2D eigenvalue weighted by Gasteiger charge is -2.24. The number of hydrogen-bond donors (Lipinski definition) is 0. The molecule has 0 aliphatic carbocycles. The second-order valence-electron chi connectivity index (χ2n) is 6.00. The molecule has 0 saturated carbocycles. The molecule has 4 rings (SSSR count). The van der Waals surface area contributed by atoms with Crippen LogP contribution in [-0.4, -0.2) is 43.2 Å². The van der Waals surface area contributed by atoms with Crippen LogP contribution in [0.4, 0.5) is 4.39 Å². The lowest BCUT2D eigenvalue weighted by Crippen LogP contribution is -2.39. The molecule has 4 heterocycles. The molecule has 8 heteroatoms. The van der Waals surface area contributed by atoms with Crippen molar-refractivity contribution < 1.29 is 13.9 Å². The number of nitrogens with zero attached hydrogens (tertiary/aromatic N) is 5. The number of halogens is 1. The Morgan fingerprint density at radius 3 is 2.88 bits per heavy atom. The SMILES string of the molecule is O=C(c1ccnnc1)N1Cc2cccn2C[C@@H](Oc2ncccc2F)C1. The lowest BCUT2D eigenvalue weighted by atomic mass is 10.2. The van der Waals surface area contributed by atoms with Crippen molar-refractivity contribution in [1.82, 2.24) is 24.6 Å². The fourth-order valence-electron chi connectivity index (χ4n) is 3.00. The minimum absolute atomic E-state index is 0.0638. The molecule has 0 fully saturated rings. The smallest absolute Gasteiger partial charge is 0.256 e. The highest BCUT2D eigenvalue weighted by Crippen LogP contribution is 2.20. The largest absolute Gasteiger partial charge is 0.468 e. The second kappa shape index (κ2) is 6.91. The predicted molar refractivity (Wildman–Crippen MR) is 89.8 cm³/mol. The van der Waals surface area contributed by atoms with Gasteiger partial charge in [-0.25, -0.2) is 9.37 Å². The third kappa shape index (κ3) is 3.26. The molecule has 1 amide bonds. The van der Waals surface area contributed by atoms with E-state index >= 15 is 0 Å². The monoisotopic (exact) mass is 353 g/mol. The fourth-order valence-corrected chi connectivity index (χ4v) is 3.00. The van der Waals surface area contributed by atoms with Gasteiger partial charge in [-0.2, -0.15) is 10.2 Å². The summed E-state index contributed by atoms with van der Waals surface area (Å²) in [6, 6.07) is 8.29. The van der Waals surface area contributed by atoms with E-state index < -0.39 is 11.9 Å². The zero-order valence-corrected chi connectivity index (χ0v) is 13.8. The number of pyridine rings is 1. The molecule has 0 aromatic carbocycles. The van der Waals surface area contributed by atoms with Gasteiger partial charge < -0.3 is 14.2 Å². The minimum atomic E-state index is -0.527. The third-order valence-electron chi connectivity index (χ3n) is 4.22. The summed E-state index contributed by atoms with van der Waals surface area (Å²) in [5.74, 6) is -0.767. The van der Waals surface area contributed by atoms with Gasteiger partial charge >= 0.3 is 0 Å². The summed E-state index contributed by atoms with van der Waals surface area (Å²) in [7, 11) is 0. The molecule has 0 N–H and O–H groups in total. The molecule has 26 heavy (non-hydrogen) atoms. The van der Waals surface area contributed by atoms with Crippen LogP contribution in [0.3, 0.4) is 0 Å². The van der Waals surface area contributed by atoms with Crippen molar-refractivity contribution in [3.05, 3.63) is 72.2 Å². The maximum absolute atomic E-state index is 13.9. The Kier molecular flexibility index (Phi) is 4.30. The summed E-state index contributed by atoms with van der Waals surface area (Å²) < 4.78 is 21.7. The maximum atomic E-state index is 13.9. The molecule has 3 aromatic heterocycles. The first-order valence-electron chi connectivity index (χ1n) is 8.18. The van der Waals surface area contributed by atoms with E-state index in [0.29, 0.717) is 25.2 Å². The second-order valence-corrected chi connectivity index (χ2v) is 6.00. The van der Waals surface area contributed by atoms with Gasteiger partial charge in [-0.15, -0.1) is 0 Å². The van der Waals surface area contributed by atoms with Gasteiger partial charge in [0.2, 0.25) is 0 Å². The first kappa shape index (κ1) is 16.2. The highest BCUT2D eigenvalue weighted by atomic mass is 19.1. The van der Waals surface area contributed by atoms with E-state index in [9.17, 15) is 9.18 Å². The van der Waals surface area contributed by atoms with Crippen LogP contribution in [-0.2, 0) is 13.1 Å². The molecule has 0 bridgehead atoms. The quantitative estimate of drug-likeness (QED) is 0.719. The van der Waals surface area contributed by atoms with Crippen molar-refractivity contribution in [2.24, 2.45) is 0 Å². The summed E-state index contributed by atoms with van der Waals surface area (Å²) in [6.45, 7) is 1.23. The van der Waals surface area contributed by atoms with Crippen molar-refractivity contribution in [2.45, 2.75) is 19.2 Å². The summed E-state index contributed by atoms with van der Waals surface area (Å²) >= 11 is 0. The zero-order valence-electron chi connectivity index (χ0n) is 13.8. The number of hydrogen-bond acceptors (Lipinski definition) is 5. The van der Waals surface area contributed by atoms with Crippen molar-refractivity contribution >= 4 is 5.91 Å². The maximum Gasteiger partial charge on any atom is 0.256 e. The molecule has 132 valence electrons. The summed E-state index contributed by atoms with van der Waals surface area (Å²) in [5, 5.41) is 7.46. The number of fused-ring (bicyclic) bond motifs is 1. The van der Waals surface area contributed by atoms with Gasteiger partial charge in [0.1, 0.15) is 6.10 Å². The van der Waals surface area contributed by atoms with E-state index in [1.807, 2.05) is 22.9 Å². The zero-order chi connectivity index (χ0) is 17.9. The molecular formula is C18H16FN5O2. The topological polar surface area (TPSA) is 73.1 Å². The fraction of sp³-hybridized carbons (Fsp3) is 0.222. The van der Waals surface area contributed by atoms with Gasteiger partial charge in [-0.3, -0.25) is 4.79 Å². The minimum Gasteiger partial charge on any atom is -0.468 e. The number of aromatic nitrogens is 4. The average Bonchev–Trinajstić information content (AvgIpc) is 3.02. The molecule has 1 aliphatic rings. The molecule has 3 aromatic rings. The highest BCUT2D eigenvalue weighted by molar-refractivity contribution is 5.93. The normalized spacial score (nSPS) is 16.7. The third-order valence-corrected chi connectivity index (χ3v) is 4.22. The molecule has 1 aliphatic heterocycles. The first-order valence-corrected chi connectivity index (χ1v) is 8.18. The van der Waals surface area contributed by atoms with Gasteiger partial charge in [0.15, 0.2) is 5.82 Å². The Bertz CT molecular complexity index is 915. The molecule has 1 atom stereocenters.